The van der Waals surface area contributed by atoms with E-state index in [0.717, 1.165) is 12.8 Å². The molecule has 1 heterocycles. The highest BCUT2D eigenvalue weighted by molar-refractivity contribution is 6.18. The number of furan rings is 1. The molecule has 0 radical (unpaired) electrons. The van der Waals surface area contributed by atoms with Crippen molar-refractivity contribution >= 4 is 28.3 Å². The number of rotatable bonds is 8. The predicted molar refractivity (Wildman–Crippen MR) is 126 cm³/mol. The number of carbonyl (C=O) groups is 2. The first kappa shape index (κ1) is 22.3. The van der Waals surface area contributed by atoms with Crippen LogP contribution in [0.1, 0.15) is 51.8 Å². The van der Waals surface area contributed by atoms with Crippen LogP contribution in [0.25, 0.3) is 11.0 Å². The second-order valence-electron chi connectivity index (χ2n) is 7.78. The fourth-order valence-corrected chi connectivity index (χ4v) is 3.44. The van der Waals surface area contributed by atoms with Crippen molar-refractivity contribution in [3.8, 4) is 5.75 Å². The minimum Gasteiger partial charge on any atom is -0.494 e. The van der Waals surface area contributed by atoms with Gasteiger partial charge in [-0.05, 0) is 55.3 Å². The van der Waals surface area contributed by atoms with Gasteiger partial charge in [0.2, 0.25) is 5.78 Å². The first-order valence-electron chi connectivity index (χ1n) is 10.8. The zero-order chi connectivity index (χ0) is 23.4. The van der Waals surface area contributed by atoms with Crippen molar-refractivity contribution in [2.75, 3.05) is 11.9 Å². The Hall–Kier alpha value is -3.93. The van der Waals surface area contributed by atoms with Gasteiger partial charge in [0.05, 0.1) is 12.3 Å². The number of carbonyl (C=O) groups excluding carboxylic acids is 2. The third-order valence-electron chi connectivity index (χ3n) is 5.34. The molecule has 0 atom stereocenters. The first-order valence-corrected chi connectivity index (χ1v) is 10.8. The molecule has 0 aliphatic rings. The maximum absolute atomic E-state index is 14.1. The lowest BCUT2D eigenvalue weighted by molar-refractivity contribution is 0.101. The summed E-state index contributed by atoms with van der Waals surface area (Å²) in [5.74, 6) is -0.867. The fourth-order valence-electron chi connectivity index (χ4n) is 3.44. The quantitative estimate of drug-likeness (QED) is 0.247. The Morgan fingerprint density at radius 2 is 1.82 bits per heavy atom. The van der Waals surface area contributed by atoms with E-state index >= 15 is 0 Å². The minimum atomic E-state index is -0.517. The number of ether oxygens (including phenoxy) is 1. The summed E-state index contributed by atoms with van der Waals surface area (Å²) in [6, 6.07) is 18.1. The monoisotopic (exact) mass is 445 g/mol. The van der Waals surface area contributed by atoms with Crippen LogP contribution in [0.4, 0.5) is 10.1 Å². The number of unbranched alkanes of at least 4 members (excludes halogenated alkanes) is 1. The number of hydrogen-bond donors (Lipinski definition) is 1. The van der Waals surface area contributed by atoms with Crippen molar-refractivity contribution in [1.82, 2.24) is 0 Å². The normalized spacial score (nSPS) is 10.9. The number of fused-ring (bicyclic) bond motifs is 1. The smallest absolute Gasteiger partial charge is 0.255 e. The van der Waals surface area contributed by atoms with Gasteiger partial charge in [-0.25, -0.2) is 4.39 Å². The summed E-state index contributed by atoms with van der Waals surface area (Å²) in [6.45, 7) is 4.27. The van der Waals surface area contributed by atoms with E-state index in [1.54, 1.807) is 55.5 Å². The number of benzene rings is 3. The number of nitrogens with one attached hydrogen (secondary N) is 1. The molecule has 6 heteroatoms. The summed E-state index contributed by atoms with van der Waals surface area (Å²) >= 11 is 0. The lowest BCUT2D eigenvalue weighted by Gasteiger charge is -2.09. The predicted octanol–water partition coefficient (Wildman–Crippen LogP) is 6.54. The molecule has 0 aliphatic carbocycles. The van der Waals surface area contributed by atoms with Crippen molar-refractivity contribution in [2.24, 2.45) is 0 Å². The van der Waals surface area contributed by atoms with E-state index in [4.69, 9.17) is 9.15 Å². The van der Waals surface area contributed by atoms with E-state index in [-0.39, 0.29) is 17.0 Å². The van der Waals surface area contributed by atoms with Crippen molar-refractivity contribution in [3.63, 3.8) is 0 Å². The molecule has 4 rings (SSSR count). The molecule has 0 bridgehead atoms. The van der Waals surface area contributed by atoms with Gasteiger partial charge in [0, 0.05) is 16.5 Å². The Morgan fingerprint density at radius 3 is 2.61 bits per heavy atom. The molecular weight excluding hydrogens is 421 g/mol. The van der Waals surface area contributed by atoms with Crippen LogP contribution in [0, 0.1) is 12.7 Å². The molecule has 0 saturated heterocycles. The molecule has 1 amide bonds. The Balaban J connectivity index is 1.67. The van der Waals surface area contributed by atoms with E-state index in [1.165, 1.54) is 18.2 Å². The SMILES string of the molecule is CCCCOc1cccc(C(=O)Nc2c(C(=O)c3ccc(C)c(F)c3)oc3ccccc23)c1. The van der Waals surface area contributed by atoms with E-state index in [0.29, 0.717) is 34.5 Å². The Labute approximate surface area is 191 Å². The Kier molecular flexibility index (Phi) is 6.54. The van der Waals surface area contributed by atoms with Crippen molar-refractivity contribution in [2.45, 2.75) is 26.7 Å². The molecule has 1 aromatic heterocycles. The minimum absolute atomic E-state index is 0.0526. The molecule has 1 N–H and O–H groups in total. The third-order valence-corrected chi connectivity index (χ3v) is 5.34. The van der Waals surface area contributed by atoms with Gasteiger partial charge in [-0.2, -0.15) is 0 Å². The van der Waals surface area contributed by atoms with Crippen molar-refractivity contribution in [1.29, 1.82) is 0 Å². The highest BCUT2D eigenvalue weighted by atomic mass is 19.1. The topological polar surface area (TPSA) is 68.5 Å². The van der Waals surface area contributed by atoms with E-state index in [1.807, 2.05) is 0 Å². The molecule has 33 heavy (non-hydrogen) atoms. The molecule has 0 unspecified atom stereocenters. The Bertz CT molecular complexity index is 1320. The number of halogens is 1. The summed E-state index contributed by atoms with van der Waals surface area (Å²) in [7, 11) is 0. The van der Waals surface area contributed by atoms with Crippen LogP contribution in [0.2, 0.25) is 0 Å². The van der Waals surface area contributed by atoms with Crippen LogP contribution in [0.3, 0.4) is 0 Å². The van der Waals surface area contributed by atoms with E-state index in [2.05, 4.69) is 12.2 Å². The highest BCUT2D eigenvalue weighted by Crippen LogP contribution is 2.33. The number of aryl methyl sites for hydroxylation is 1. The second kappa shape index (κ2) is 9.69. The van der Waals surface area contributed by atoms with Crippen LogP contribution in [-0.4, -0.2) is 18.3 Å². The lowest BCUT2D eigenvalue weighted by atomic mass is 10.0. The van der Waals surface area contributed by atoms with Crippen molar-refractivity contribution < 1.29 is 23.1 Å². The first-order chi connectivity index (χ1) is 16.0. The number of anilines is 1. The summed E-state index contributed by atoms with van der Waals surface area (Å²) in [6.07, 6.45) is 1.93. The standard InChI is InChI=1S/C27H24FNO4/c1-3-4-14-32-20-9-7-8-19(15-20)27(31)29-24-21-10-5-6-11-23(21)33-26(24)25(30)18-13-12-17(2)22(28)16-18/h5-13,15-16H,3-4,14H2,1-2H3,(H,29,31). The van der Waals surface area contributed by atoms with Gasteiger partial charge in [-0.3, -0.25) is 9.59 Å². The van der Waals surface area contributed by atoms with Crippen LogP contribution in [0.15, 0.2) is 71.1 Å². The molecule has 0 spiro atoms. The average molecular weight is 445 g/mol. The number of amides is 1. The molecule has 5 nitrogen and oxygen atoms in total. The van der Waals surface area contributed by atoms with Gasteiger partial charge in [0.15, 0.2) is 5.76 Å². The average Bonchev–Trinajstić information content (AvgIpc) is 3.19. The zero-order valence-corrected chi connectivity index (χ0v) is 18.5. The molecule has 0 saturated carbocycles. The number of ketones is 1. The number of para-hydroxylation sites is 1. The van der Waals surface area contributed by atoms with Gasteiger partial charge in [-0.1, -0.05) is 43.7 Å². The Morgan fingerprint density at radius 1 is 1.00 bits per heavy atom. The van der Waals surface area contributed by atoms with Crippen LogP contribution in [-0.2, 0) is 0 Å². The third kappa shape index (κ3) is 4.80. The van der Waals surface area contributed by atoms with Crippen LogP contribution >= 0.6 is 0 Å². The van der Waals surface area contributed by atoms with Gasteiger partial charge in [-0.15, -0.1) is 0 Å². The van der Waals surface area contributed by atoms with Gasteiger partial charge < -0.3 is 14.5 Å². The maximum Gasteiger partial charge on any atom is 0.255 e. The molecule has 0 fully saturated rings. The van der Waals surface area contributed by atoms with E-state index < -0.39 is 17.5 Å². The lowest BCUT2D eigenvalue weighted by Crippen LogP contribution is -2.14. The second-order valence-corrected chi connectivity index (χ2v) is 7.78. The summed E-state index contributed by atoms with van der Waals surface area (Å²) in [5.41, 5.74) is 1.65. The van der Waals surface area contributed by atoms with Crippen LogP contribution < -0.4 is 10.1 Å². The van der Waals surface area contributed by atoms with Gasteiger partial charge in [0.25, 0.3) is 5.91 Å². The van der Waals surface area contributed by atoms with Gasteiger partial charge >= 0.3 is 0 Å². The van der Waals surface area contributed by atoms with E-state index in [9.17, 15) is 14.0 Å². The fraction of sp³-hybridized carbons (Fsp3) is 0.185. The molecule has 4 aromatic rings. The molecule has 168 valence electrons. The summed E-state index contributed by atoms with van der Waals surface area (Å²) in [5, 5.41) is 3.40. The molecule has 0 aliphatic heterocycles. The van der Waals surface area contributed by atoms with Gasteiger partial charge in [0.1, 0.15) is 17.1 Å². The molecular formula is C27H24FNO4. The summed E-state index contributed by atoms with van der Waals surface area (Å²) < 4.78 is 25.6. The molecule has 3 aromatic carbocycles. The van der Waals surface area contributed by atoms with Crippen molar-refractivity contribution in [3.05, 3.63) is 95.0 Å². The highest BCUT2D eigenvalue weighted by Gasteiger charge is 2.24. The summed E-state index contributed by atoms with van der Waals surface area (Å²) in [4.78, 5) is 26.3. The largest absolute Gasteiger partial charge is 0.494 e. The maximum atomic E-state index is 14.1. The zero-order valence-electron chi connectivity index (χ0n) is 18.5. The number of hydrogen-bond acceptors (Lipinski definition) is 4. The van der Waals surface area contributed by atoms with Crippen LogP contribution in [0.5, 0.6) is 5.75 Å².